The minimum atomic E-state index is 0.121. The van der Waals surface area contributed by atoms with E-state index >= 15 is 0 Å². The average Bonchev–Trinajstić information content (AvgIpc) is 3.00. The standard InChI is InChI=1S/C20H26N6O/c1-15-11-16-5-3-4-6-17(16)26(15)8-7-21-18-12-19(23-14-22-18)25-10-9-24(2)20(27)13-25/h3-6,12,14-15H,7-11,13H2,1-2H3,(H,21,22,23). The molecule has 2 aromatic rings. The summed E-state index contributed by atoms with van der Waals surface area (Å²) in [7, 11) is 1.84. The number of carbonyl (C=O) groups excluding carboxylic acids is 1. The van der Waals surface area contributed by atoms with Crippen molar-refractivity contribution in [3.05, 3.63) is 42.2 Å². The summed E-state index contributed by atoms with van der Waals surface area (Å²) in [6, 6.07) is 11.1. The topological polar surface area (TPSA) is 64.6 Å². The van der Waals surface area contributed by atoms with E-state index in [1.54, 1.807) is 11.2 Å². The number of nitrogens with zero attached hydrogens (tertiary/aromatic N) is 5. The van der Waals surface area contributed by atoms with E-state index in [0.29, 0.717) is 12.6 Å². The minimum absolute atomic E-state index is 0.121. The lowest BCUT2D eigenvalue weighted by Crippen LogP contribution is -2.48. The van der Waals surface area contributed by atoms with Gasteiger partial charge in [0, 0.05) is 51.0 Å². The molecule has 7 heteroatoms. The van der Waals surface area contributed by atoms with Crippen molar-refractivity contribution < 1.29 is 4.79 Å². The van der Waals surface area contributed by atoms with Crippen LogP contribution in [0.3, 0.4) is 0 Å². The third kappa shape index (κ3) is 3.67. The van der Waals surface area contributed by atoms with Crippen LogP contribution < -0.4 is 15.1 Å². The van der Waals surface area contributed by atoms with Gasteiger partial charge in [0.25, 0.3) is 0 Å². The van der Waals surface area contributed by atoms with Crippen molar-refractivity contribution >= 4 is 23.2 Å². The Morgan fingerprint density at radius 2 is 2.07 bits per heavy atom. The molecule has 0 spiro atoms. The van der Waals surface area contributed by atoms with E-state index in [0.717, 1.165) is 44.2 Å². The molecule has 2 aliphatic rings. The number of likely N-dealkylation sites (N-methyl/N-ethyl adjacent to an activating group) is 1. The maximum absolute atomic E-state index is 11.9. The molecule has 1 unspecified atom stereocenters. The first-order valence-electron chi connectivity index (χ1n) is 9.51. The van der Waals surface area contributed by atoms with E-state index in [1.807, 2.05) is 18.0 Å². The number of aromatic nitrogens is 2. The summed E-state index contributed by atoms with van der Waals surface area (Å²) in [5, 5.41) is 3.41. The molecule has 7 nitrogen and oxygen atoms in total. The summed E-state index contributed by atoms with van der Waals surface area (Å²) in [5.74, 6) is 1.72. The molecule has 142 valence electrons. The molecule has 27 heavy (non-hydrogen) atoms. The molecule has 0 bridgehead atoms. The van der Waals surface area contributed by atoms with Crippen molar-refractivity contribution in [2.24, 2.45) is 0 Å². The number of piperazine rings is 1. The SMILES string of the molecule is CC1Cc2ccccc2N1CCNc1cc(N2CCN(C)C(=O)C2)ncn1. The van der Waals surface area contributed by atoms with Gasteiger partial charge in [-0.3, -0.25) is 4.79 Å². The Balaban J connectivity index is 1.36. The summed E-state index contributed by atoms with van der Waals surface area (Å²) in [5.41, 5.74) is 2.76. The van der Waals surface area contributed by atoms with Crippen LogP contribution in [-0.4, -0.2) is 66.6 Å². The Labute approximate surface area is 160 Å². The molecular weight excluding hydrogens is 340 g/mol. The fraction of sp³-hybridized carbons (Fsp3) is 0.450. The Morgan fingerprint density at radius 3 is 2.93 bits per heavy atom. The fourth-order valence-electron chi connectivity index (χ4n) is 3.85. The Kier molecular flexibility index (Phi) is 4.83. The van der Waals surface area contributed by atoms with Gasteiger partial charge < -0.3 is 20.0 Å². The molecule has 1 aromatic carbocycles. The maximum atomic E-state index is 11.9. The average molecular weight is 366 g/mol. The van der Waals surface area contributed by atoms with Gasteiger partial charge in [-0.15, -0.1) is 0 Å². The third-order valence-electron chi connectivity index (χ3n) is 5.44. The van der Waals surface area contributed by atoms with E-state index in [4.69, 9.17) is 0 Å². The summed E-state index contributed by atoms with van der Waals surface area (Å²) in [4.78, 5) is 26.8. The van der Waals surface area contributed by atoms with Gasteiger partial charge in [0.05, 0.1) is 6.54 Å². The highest BCUT2D eigenvalue weighted by molar-refractivity contribution is 5.82. The van der Waals surface area contributed by atoms with E-state index in [2.05, 4.69) is 51.4 Å². The molecule has 2 aliphatic heterocycles. The zero-order valence-corrected chi connectivity index (χ0v) is 15.9. The van der Waals surface area contributed by atoms with Crippen LogP contribution in [-0.2, 0) is 11.2 Å². The minimum Gasteiger partial charge on any atom is -0.368 e. The molecule has 1 fully saturated rings. The molecule has 1 aromatic heterocycles. The maximum Gasteiger partial charge on any atom is 0.241 e. The number of carbonyl (C=O) groups is 1. The number of anilines is 3. The van der Waals surface area contributed by atoms with E-state index in [9.17, 15) is 4.79 Å². The summed E-state index contributed by atoms with van der Waals surface area (Å²) >= 11 is 0. The summed E-state index contributed by atoms with van der Waals surface area (Å²) < 4.78 is 0. The Hall–Kier alpha value is -2.83. The monoisotopic (exact) mass is 366 g/mol. The highest BCUT2D eigenvalue weighted by atomic mass is 16.2. The first-order valence-corrected chi connectivity index (χ1v) is 9.51. The molecule has 1 N–H and O–H groups in total. The molecule has 0 radical (unpaired) electrons. The number of rotatable bonds is 5. The highest BCUT2D eigenvalue weighted by Crippen LogP contribution is 2.31. The van der Waals surface area contributed by atoms with Gasteiger partial charge in [-0.2, -0.15) is 0 Å². The lowest BCUT2D eigenvalue weighted by Gasteiger charge is -2.32. The predicted octanol–water partition coefficient (Wildman–Crippen LogP) is 1.62. The van der Waals surface area contributed by atoms with Crippen LogP contribution in [0.1, 0.15) is 12.5 Å². The van der Waals surface area contributed by atoms with Crippen LogP contribution in [0.2, 0.25) is 0 Å². The van der Waals surface area contributed by atoms with Gasteiger partial charge in [0.2, 0.25) is 5.91 Å². The van der Waals surface area contributed by atoms with Gasteiger partial charge in [0.1, 0.15) is 18.0 Å². The Morgan fingerprint density at radius 1 is 1.22 bits per heavy atom. The molecule has 1 atom stereocenters. The molecule has 4 rings (SSSR count). The summed E-state index contributed by atoms with van der Waals surface area (Å²) in [6.45, 7) is 5.88. The van der Waals surface area contributed by atoms with Crippen molar-refractivity contribution in [2.45, 2.75) is 19.4 Å². The number of hydrogen-bond donors (Lipinski definition) is 1. The second-order valence-electron chi connectivity index (χ2n) is 7.30. The van der Waals surface area contributed by atoms with Crippen molar-refractivity contribution in [1.29, 1.82) is 0 Å². The lowest BCUT2D eigenvalue weighted by molar-refractivity contribution is -0.129. The summed E-state index contributed by atoms with van der Waals surface area (Å²) in [6.07, 6.45) is 2.67. The van der Waals surface area contributed by atoms with Crippen molar-refractivity contribution in [2.75, 3.05) is 54.9 Å². The third-order valence-corrected chi connectivity index (χ3v) is 5.44. The van der Waals surface area contributed by atoms with Crippen LogP contribution in [0.4, 0.5) is 17.3 Å². The molecule has 3 heterocycles. The number of hydrogen-bond acceptors (Lipinski definition) is 6. The molecule has 0 aliphatic carbocycles. The lowest BCUT2D eigenvalue weighted by atomic mass is 10.1. The normalized spacial score (nSPS) is 19.4. The smallest absolute Gasteiger partial charge is 0.241 e. The second kappa shape index (κ2) is 7.42. The Bertz CT molecular complexity index is 826. The van der Waals surface area contributed by atoms with Gasteiger partial charge in [-0.1, -0.05) is 18.2 Å². The van der Waals surface area contributed by atoms with Crippen molar-refractivity contribution in [3.8, 4) is 0 Å². The zero-order chi connectivity index (χ0) is 18.8. The molecule has 1 saturated heterocycles. The molecular formula is C20H26N6O. The largest absolute Gasteiger partial charge is 0.368 e. The number of nitrogens with one attached hydrogen (secondary N) is 1. The van der Waals surface area contributed by atoms with Crippen molar-refractivity contribution in [1.82, 2.24) is 14.9 Å². The first kappa shape index (κ1) is 17.6. The van der Waals surface area contributed by atoms with Gasteiger partial charge in [-0.05, 0) is 25.0 Å². The predicted molar refractivity (Wildman–Crippen MR) is 107 cm³/mol. The van der Waals surface area contributed by atoms with Crippen LogP contribution in [0.5, 0.6) is 0 Å². The van der Waals surface area contributed by atoms with Crippen LogP contribution in [0.25, 0.3) is 0 Å². The van der Waals surface area contributed by atoms with Crippen LogP contribution >= 0.6 is 0 Å². The van der Waals surface area contributed by atoms with Crippen LogP contribution in [0.15, 0.2) is 36.7 Å². The highest BCUT2D eigenvalue weighted by Gasteiger charge is 2.25. The van der Waals surface area contributed by atoms with E-state index in [-0.39, 0.29) is 5.91 Å². The second-order valence-corrected chi connectivity index (χ2v) is 7.30. The van der Waals surface area contributed by atoms with E-state index < -0.39 is 0 Å². The van der Waals surface area contributed by atoms with Gasteiger partial charge >= 0.3 is 0 Å². The van der Waals surface area contributed by atoms with Gasteiger partial charge in [0.15, 0.2) is 0 Å². The number of para-hydroxylation sites is 1. The number of fused-ring (bicyclic) bond motifs is 1. The zero-order valence-electron chi connectivity index (χ0n) is 15.9. The van der Waals surface area contributed by atoms with Crippen molar-refractivity contribution in [3.63, 3.8) is 0 Å². The molecule has 0 saturated carbocycles. The fourth-order valence-corrected chi connectivity index (χ4v) is 3.85. The first-order chi connectivity index (χ1) is 13.1. The van der Waals surface area contributed by atoms with Gasteiger partial charge in [-0.25, -0.2) is 9.97 Å². The number of amides is 1. The molecule has 1 amide bonds. The van der Waals surface area contributed by atoms with Crippen LogP contribution in [0, 0.1) is 0 Å². The van der Waals surface area contributed by atoms with E-state index in [1.165, 1.54) is 11.3 Å². The quantitative estimate of drug-likeness (QED) is 0.868. The number of benzene rings is 1.